The highest BCUT2D eigenvalue weighted by Crippen LogP contribution is 2.21. The van der Waals surface area contributed by atoms with Crippen molar-refractivity contribution >= 4 is 11.7 Å². The maximum absolute atomic E-state index is 12.5. The first-order chi connectivity index (χ1) is 12.6. The zero-order chi connectivity index (χ0) is 18.4. The molecule has 2 aromatic rings. The summed E-state index contributed by atoms with van der Waals surface area (Å²) < 4.78 is 0. The Balaban J connectivity index is 1.60. The maximum atomic E-state index is 12.5. The number of rotatable bonds is 2. The molecule has 0 radical (unpaired) electrons. The first kappa shape index (κ1) is 18.0. The van der Waals surface area contributed by atoms with Gasteiger partial charge in [-0.05, 0) is 56.0 Å². The van der Waals surface area contributed by atoms with E-state index in [4.69, 9.17) is 0 Å². The third-order valence-electron chi connectivity index (χ3n) is 4.75. The average Bonchev–Trinajstić information content (AvgIpc) is 2.67. The summed E-state index contributed by atoms with van der Waals surface area (Å²) in [6.07, 6.45) is 1.38. The summed E-state index contributed by atoms with van der Waals surface area (Å²) >= 11 is 0. The highest BCUT2D eigenvalue weighted by atomic mass is 16.3. The number of hydrogen-bond donors (Lipinski definition) is 2. The van der Waals surface area contributed by atoms with Crippen LogP contribution in [0.15, 0.2) is 54.6 Å². The number of aliphatic hydroxyl groups is 1. The number of nitrogens with one attached hydrogen (secondary N) is 1. The topological polar surface area (TPSA) is 52.6 Å². The van der Waals surface area contributed by atoms with Gasteiger partial charge in [-0.1, -0.05) is 36.1 Å². The van der Waals surface area contributed by atoms with Gasteiger partial charge in [-0.3, -0.25) is 0 Å². The van der Waals surface area contributed by atoms with E-state index in [0.717, 1.165) is 29.7 Å². The number of likely N-dealkylation sites (tertiary alicyclic amines) is 1. The molecule has 1 heterocycles. The minimum Gasteiger partial charge on any atom is -0.393 e. The van der Waals surface area contributed by atoms with Crippen LogP contribution in [0, 0.1) is 17.8 Å². The van der Waals surface area contributed by atoms with Crippen molar-refractivity contribution < 1.29 is 9.90 Å². The molecule has 2 aromatic carbocycles. The molecule has 4 heteroatoms. The van der Waals surface area contributed by atoms with E-state index in [1.165, 1.54) is 0 Å². The summed E-state index contributed by atoms with van der Waals surface area (Å²) in [5.74, 6) is 6.54. The standard InChI is InChI=1S/C22H24N2O2/c1-17(25)20-12-14-24(15-13-20)22(26)23-21-9-5-8-19(16-21)11-10-18-6-3-2-4-7-18/h2-9,16-17,20,25H,12-15H2,1H3,(H,23,26). The van der Waals surface area contributed by atoms with Gasteiger partial charge in [0.25, 0.3) is 0 Å². The second kappa shape index (κ2) is 8.55. The number of aliphatic hydroxyl groups excluding tert-OH is 1. The molecule has 1 saturated heterocycles. The van der Waals surface area contributed by atoms with E-state index in [1.54, 1.807) is 4.90 Å². The molecule has 134 valence electrons. The Morgan fingerprint density at radius 2 is 1.73 bits per heavy atom. The number of benzene rings is 2. The van der Waals surface area contributed by atoms with Crippen molar-refractivity contribution in [1.82, 2.24) is 4.90 Å². The molecule has 0 aromatic heterocycles. The summed E-state index contributed by atoms with van der Waals surface area (Å²) in [7, 11) is 0. The molecule has 1 fully saturated rings. The molecule has 2 N–H and O–H groups in total. The smallest absolute Gasteiger partial charge is 0.321 e. The van der Waals surface area contributed by atoms with E-state index in [0.29, 0.717) is 13.1 Å². The highest BCUT2D eigenvalue weighted by molar-refractivity contribution is 5.89. The minimum absolute atomic E-state index is 0.0952. The number of carbonyl (C=O) groups excluding carboxylic acids is 1. The Kier molecular flexibility index (Phi) is 5.93. The van der Waals surface area contributed by atoms with Gasteiger partial charge < -0.3 is 15.3 Å². The van der Waals surface area contributed by atoms with E-state index < -0.39 is 0 Å². The predicted molar refractivity (Wildman–Crippen MR) is 104 cm³/mol. The quantitative estimate of drug-likeness (QED) is 0.813. The van der Waals surface area contributed by atoms with Crippen LogP contribution in [0.25, 0.3) is 0 Å². The zero-order valence-corrected chi connectivity index (χ0v) is 15.0. The van der Waals surface area contributed by atoms with E-state index in [2.05, 4.69) is 17.2 Å². The van der Waals surface area contributed by atoms with Crippen LogP contribution in [0.4, 0.5) is 10.5 Å². The number of nitrogens with zero attached hydrogens (tertiary/aromatic N) is 1. The number of anilines is 1. The number of hydrogen-bond acceptors (Lipinski definition) is 2. The van der Waals surface area contributed by atoms with Crippen molar-refractivity contribution in [3.05, 3.63) is 65.7 Å². The Morgan fingerprint density at radius 3 is 2.42 bits per heavy atom. The van der Waals surface area contributed by atoms with Gasteiger partial charge in [-0.15, -0.1) is 0 Å². The number of urea groups is 1. The molecule has 1 unspecified atom stereocenters. The first-order valence-corrected chi connectivity index (χ1v) is 9.03. The molecular weight excluding hydrogens is 324 g/mol. The van der Waals surface area contributed by atoms with Crippen LogP contribution in [-0.2, 0) is 0 Å². The Labute approximate surface area is 154 Å². The summed E-state index contributed by atoms with van der Waals surface area (Å²) in [5, 5.41) is 12.6. The zero-order valence-electron chi connectivity index (χ0n) is 15.0. The van der Waals surface area contributed by atoms with Crippen LogP contribution in [0.3, 0.4) is 0 Å². The molecule has 26 heavy (non-hydrogen) atoms. The van der Waals surface area contributed by atoms with Crippen molar-refractivity contribution in [3.63, 3.8) is 0 Å². The fourth-order valence-electron chi connectivity index (χ4n) is 3.13. The Hall–Kier alpha value is -2.77. The van der Waals surface area contributed by atoms with E-state index in [-0.39, 0.29) is 18.1 Å². The highest BCUT2D eigenvalue weighted by Gasteiger charge is 2.25. The van der Waals surface area contributed by atoms with E-state index in [1.807, 2.05) is 61.5 Å². The lowest BCUT2D eigenvalue weighted by molar-refractivity contribution is 0.0820. The van der Waals surface area contributed by atoms with Crippen LogP contribution in [-0.4, -0.2) is 35.2 Å². The second-order valence-electron chi connectivity index (χ2n) is 6.69. The van der Waals surface area contributed by atoms with Gasteiger partial charge in [0.1, 0.15) is 0 Å². The lowest BCUT2D eigenvalue weighted by Gasteiger charge is -2.33. The van der Waals surface area contributed by atoms with Gasteiger partial charge in [0, 0.05) is 29.9 Å². The third kappa shape index (κ3) is 4.87. The lowest BCUT2D eigenvalue weighted by atomic mass is 9.92. The monoisotopic (exact) mass is 348 g/mol. The van der Waals surface area contributed by atoms with Crippen molar-refractivity contribution in [1.29, 1.82) is 0 Å². The Morgan fingerprint density at radius 1 is 1.08 bits per heavy atom. The van der Waals surface area contributed by atoms with E-state index in [9.17, 15) is 9.90 Å². The molecule has 0 spiro atoms. The molecule has 2 amide bonds. The van der Waals surface area contributed by atoms with Gasteiger partial charge >= 0.3 is 6.03 Å². The molecule has 4 nitrogen and oxygen atoms in total. The summed E-state index contributed by atoms with van der Waals surface area (Å²) in [6, 6.07) is 17.3. The molecule has 3 rings (SSSR count). The van der Waals surface area contributed by atoms with Crippen LogP contribution in [0.5, 0.6) is 0 Å². The number of amides is 2. The minimum atomic E-state index is -0.305. The first-order valence-electron chi connectivity index (χ1n) is 9.03. The molecule has 1 atom stereocenters. The van der Waals surface area contributed by atoms with Gasteiger partial charge in [0.15, 0.2) is 0 Å². The molecule has 1 aliphatic rings. The molecule has 1 aliphatic heterocycles. The third-order valence-corrected chi connectivity index (χ3v) is 4.75. The average molecular weight is 348 g/mol. The van der Waals surface area contributed by atoms with Gasteiger partial charge in [-0.25, -0.2) is 4.79 Å². The van der Waals surface area contributed by atoms with Crippen molar-refractivity contribution in [2.45, 2.75) is 25.9 Å². The molecule has 0 saturated carbocycles. The molecular formula is C22H24N2O2. The molecule has 0 bridgehead atoms. The summed E-state index contributed by atoms with van der Waals surface area (Å²) in [4.78, 5) is 14.3. The number of piperidine rings is 1. The normalized spacial score (nSPS) is 15.7. The van der Waals surface area contributed by atoms with Gasteiger partial charge in [-0.2, -0.15) is 0 Å². The SMILES string of the molecule is CC(O)C1CCN(C(=O)Nc2cccc(C#Cc3ccccc3)c2)CC1. The van der Waals surface area contributed by atoms with Crippen LogP contribution >= 0.6 is 0 Å². The summed E-state index contributed by atoms with van der Waals surface area (Å²) in [5.41, 5.74) is 2.56. The van der Waals surface area contributed by atoms with Gasteiger partial charge in [0.2, 0.25) is 0 Å². The summed E-state index contributed by atoms with van der Waals surface area (Å²) in [6.45, 7) is 3.17. The fourth-order valence-corrected chi connectivity index (χ4v) is 3.13. The van der Waals surface area contributed by atoms with Crippen LogP contribution < -0.4 is 5.32 Å². The Bertz CT molecular complexity index is 798. The van der Waals surface area contributed by atoms with Crippen molar-refractivity contribution in [2.75, 3.05) is 18.4 Å². The van der Waals surface area contributed by atoms with Gasteiger partial charge in [0.05, 0.1) is 6.10 Å². The predicted octanol–water partition coefficient (Wildman–Crippen LogP) is 3.71. The number of carbonyl (C=O) groups is 1. The molecule has 0 aliphatic carbocycles. The maximum Gasteiger partial charge on any atom is 0.321 e. The van der Waals surface area contributed by atoms with Crippen LogP contribution in [0.1, 0.15) is 30.9 Å². The van der Waals surface area contributed by atoms with Crippen LogP contribution in [0.2, 0.25) is 0 Å². The van der Waals surface area contributed by atoms with Crippen molar-refractivity contribution in [2.24, 2.45) is 5.92 Å². The van der Waals surface area contributed by atoms with Crippen molar-refractivity contribution in [3.8, 4) is 11.8 Å². The second-order valence-corrected chi connectivity index (χ2v) is 6.69. The fraction of sp³-hybridized carbons (Fsp3) is 0.318. The van der Waals surface area contributed by atoms with E-state index >= 15 is 0 Å². The lowest BCUT2D eigenvalue weighted by Crippen LogP contribution is -2.42. The largest absolute Gasteiger partial charge is 0.393 e.